The van der Waals surface area contributed by atoms with Gasteiger partial charge in [-0.1, -0.05) is 54.1 Å². The normalized spacial score (nSPS) is 15.3. The molecule has 8 nitrogen and oxygen atoms in total. The molecule has 10 heteroatoms. The summed E-state index contributed by atoms with van der Waals surface area (Å²) in [7, 11) is -2.82. The molecule has 0 aromatic heterocycles. The Hall–Kier alpha value is -3.40. The van der Waals surface area contributed by atoms with Crippen LogP contribution in [0.15, 0.2) is 83.8 Å². The van der Waals surface area contributed by atoms with Crippen molar-refractivity contribution in [2.45, 2.75) is 17.5 Å². The molecule has 3 aromatic carbocycles. The Morgan fingerprint density at radius 1 is 1.03 bits per heavy atom. The number of para-hydroxylation sites is 2. The van der Waals surface area contributed by atoms with Crippen LogP contribution in [0, 0.1) is 0 Å². The summed E-state index contributed by atoms with van der Waals surface area (Å²) in [4.78, 5) is 27.1. The van der Waals surface area contributed by atoms with Crippen LogP contribution in [-0.4, -0.2) is 50.9 Å². The topological polar surface area (TPSA) is 93.2 Å². The summed E-state index contributed by atoms with van der Waals surface area (Å²) in [5.41, 5.74) is 1.16. The Balaban J connectivity index is 1.67. The van der Waals surface area contributed by atoms with Gasteiger partial charge in [-0.05, 0) is 42.0 Å². The van der Waals surface area contributed by atoms with Crippen LogP contribution in [0.25, 0.3) is 0 Å². The molecule has 0 radical (unpaired) electrons. The highest BCUT2D eigenvalue weighted by Crippen LogP contribution is 2.34. The minimum absolute atomic E-state index is 0.0143. The number of nitrogens with zero attached hydrogens (tertiary/aromatic N) is 2. The average molecular weight is 515 g/mol. The summed E-state index contributed by atoms with van der Waals surface area (Å²) in [5, 5.41) is 0.397. The van der Waals surface area contributed by atoms with Crippen LogP contribution in [-0.2, 0) is 30.9 Å². The van der Waals surface area contributed by atoms with Gasteiger partial charge in [-0.15, -0.1) is 0 Å². The number of esters is 1. The lowest BCUT2D eigenvalue weighted by atomic mass is 10.2. The molecule has 1 heterocycles. The molecule has 0 bridgehead atoms. The molecular weight excluding hydrogens is 492 g/mol. The zero-order chi connectivity index (χ0) is 25.0. The molecule has 1 amide bonds. The van der Waals surface area contributed by atoms with Crippen molar-refractivity contribution in [3.05, 3.63) is 89.4 Å². The van der Waals surface area contributed by atoms with Gasteiger partial charge in [0.05, 0.1) is 30.8 Å². The van der Waals surface area contributed by atoms with Crippen molar-refractivity contribution in [3.8, 4) is 5.75 Å². The summed E-state index contributed by atoms with van der Waals surface area (Å²) in [6.45, 7) is -0.589. The first kappa shape index (κ1) is 24.7. The van der Waals surface area contributed by atoms with Crippen molar-refractivity contribution in [2.75, 3.05) is 25.1 Å². The molecule has 0 N–H and O–H groups in total. The van der Waals surface area contributed by atoms with E-state index in [-0.39, 0.29) is 18.0 Å². The first-order valence-corrected chi connectivity index (χ1v) is 12.5. The van der Waals surface area contributed by atoms with Gasteiger partial charge in [-0.25, -0.2) is 13.2 Å². The first-order valence-electron chi connectivity index (χ1n) is 10.7. The van der Waals surface area contributed by atoms with Gasteiger partial charge in [-0.2, -0.15) is 4.31 Å². The van der Waals surface area contributed by atoms with Gasteiger partial charge in [0.25, 0.3) is 0 Å². The maximum absolute atomic E-state index is 13.5. The fourth-order valence-corrected chi connectivity index (χ4v) is 5.23. The molecule has 0 unspecified atom stereocenters. The number of carbonyl (C=O) groups excluding carboxylic acids is 2. The minimum Gasteiger partial charge on any atom is -0.475 e. The monoisotopic (exact) mass is 514 g/mol. The third-order valence-electron chi connectivity index (χ3n) is 5.50. The standard InChI is InChI=1S/C25H23ClN2O6S/c1-33-25(30)23-16-28(21-9-5-6-10-22(21)34-23)24(29)17-27(15-18-7-3-2-4-8-18)35(31,32)20-13-11-19(26)12-14-20/h2-14,23H,15-17H2,1H3/t23-/m0/s1. The number of fused-ring (bicyclic) bond motifs is 1. The molecular formula is C25H23ClN2O6S. The van der Waals surface area contributed by atoms with Crippen molar-refractivity contribution < 1.29 is 27.5 Å². The van der Waals surface area contributed by atoms with Crippen LogP contribution >= 0.6 is 11.6 Å². The number of hydrogen-bond acceptors (Lipinski definition) is 6. The zero-order valence-corrected chi connectivity index (χ0v) is 20.4. The molecule has 0 spiro atoms. The lowest BCUT2D eigenvalue weighted by molar-refractivity contribution is -0.148. The van der Waals surface area contributed by atoms with Gasteiger partial charge >= 0.3 is 5.97 Å². The maximum atomic E-state index is 13.5. The van der Waals surface area contributed by atoms with E-state index in [0.29, 0.717) is 22.0 Å². The molecule has 3 aromatic rings. The zero-order valence-electron chi connectivity index (χ0n) is 18.8. The number of amides is 1. The summed E-state index contributed by atoms with van der Waals surface area (Å²) in [6.07, 6.45) is -1.03. The fourth-order valence-electron chi connectivity index (χ4n) is 3.73. The number of carbonyl (C=O) groups is 2. The Labute approximate surface area is 208 Å². The predicted octanol–water partition coefficient (Wildman–Crippen LogP) is 3.50. The van der Waals surface area contributed by atoms with Gasteiger partial charge < -0.3 is 14.4 Å². The Kier molecular flexibility index (Phi) is 7.39. The SMILES string of the molecule is COC(=O)[C@@H]1CN(C(=O)CN(Cc2ccccc2)S(=O)(=O)c2ccc(Cl)cc2)c2ccccc2O1. The Bertz CT molecular complexity index is 1320. The largest absolute Gasteiger partial charge is 0.475 e. The highest BCUT2D eigenvalue weighted by molar-refractivity contribution is 7.89. The second-order valence-electron chi connectivity index (χ2n) is 7.81. The average Bonchev–Trinajstić information content (AvgIpc) is 2.88. The predicted molar refractivity (Wildman–Crippen MR) is 131 cm³/mol. The number of anilines is 1. The third kappa shape index (κ3) is 5.48. The Morgan fingerprint density at radius 3 is 2.37 bits per heavy atom. The quantitative estimate of drug-likeness (QED) is 0.448. The lowest BCUT2D eigenvalue weighted by Crippen LogP contribution is -2.50. The fraction of sp³-hybridized carbons (Fsp3) is 0.200. The van der Waals surface area contributed by atoms with Crippen LogP contribution in [0.2, 0.25) is 5.02 Å². The van der Waals surface area contributed by atoms with E-state index >= 15 is 0 Å². The second kappa shape index (κ2) is 10.5. The molecule has 0 fully saturated rings. The lowest BCUT2D eigenvalue weighted by Gasteiger charge is -2.34. The molecule has 182 valence electrons. The number of methoxy groups -OCH3 is 1. The molecule has 35 heavy (non-hydrogen) atoms. The highest BCUT2D eigenvalue weighted by atomic mass is 35.5. The van der Waals surface area contributed by atoms with E-state index in [0.717, 1.165) is 4.31 Å². The van der Waals surface area contributed by atoms with E-state index in [4.69, 9.17) is 21.1 Å². The summed E-state index contributed by atoms with van der Waals surface area (Å²) >= 11 is 5.94. The van der Waals surface area contributed by atoms with Crippen molar-refractivity contribution in [1.82, 2.24) is 4.31 Å². The van der Waals surface area contributed by atoms with Crippen LogP contribution in [0.4, 0.5) is 5.69 Å². The minimum atomic E-state index is -4.06. The summed E-state index contributed by atoms with van der Waals surface area (Å²) in [5.74, 6) is -0.812. The van der Waals surface area contributed by atoms with Gasteiger partial charge in [0.2, 0.25) is 22.0 Å². The molecule has 0 saturated carbocycles. The van der Waals surface area contributed by atoms with Gasteiger partial charge in [0.15, 0.2) is 0 Å². The molecule has 0 saturated heterocycles. The van der Waals surface area contributed by atoms with E-state index in [1.807, 2.05) is 6.07 Å². The number of hydrogen-bond donors (Lipinski definition) is 0. The van der Waals surface area contributed by atoms with Crippen molar-refractivity contribution in [2.24, 2.45) is 0 Å². The van der Waals surface area contributed by atoms with E-state index in [1.54, 1.807) is 48.5 Å². The number of benzene rings is 3. The van der Waals surface area contributed by atoms with Gasteiger partial charge in [0, 0.05) is 11.6 Å². The summed E-state index contributed by atoms with van der Waals surface area (Å²) < 4.78 is 38.7. The van der Waals surface area contributed by atoms with Crippen molar-refractivity contribution in [3.63, 3.8) is 0 Å². The van der Waals surface area contributed by atoms with Crippen molar-refractivity contribution >= 4 is 39.2 Å². The smallest absolute Gasteiger partial charge is 0.348 e. The van der Waals surface area contributed by atoms with E-state index in [2.05, 4.69) is 0 Å². The van der Waals surface area contributed by atoms with Crippen molar-refractivity contribution in [1.29, 1.82) is 0 Å². The van der Waals surface area contributed by atoms with E-state index in [9.17, 15) is 18.0 Å². The van der Waals surface area contributed by atoms with E-state index in [1.165, 1.54) is 36.3 Å². The van der Waals surface area contributed by atoms with Crippen LogP contribution < -0.4 is 9.64 Å². The van der Waals surface area contributed by atoms with E-state index < -0.39 is 34.5 Å². The Morgan fingerprint density at radius 2 is 1.69 bits per heavy atom. The third-order valence-corrected chi connectivity index (χ3v) is 7.56. The second-order valence-corrected chi connectivity index (χ2v) is 10.2. The van der Waals surface area contributed by atoms with Gasteiger partial charge in [-0.3, -0.25) is 4.79 Å². The number of sulfonamides is 1. The number of ether oxygens (including phenoxy) is 2. The summed E-state index contributed by atoms with van der Waals surface area (Å²) in [6, 6.07) is 21.5. The molecule has 1 aliphatic heterocycles. The van der Waals surface area contributed by atoms with Crippen LogP contribution in [0.5, 0.6) is 5.75 Å². The number of rotatable bonds is 7. The van der Waals surface area contributed by atoms with Crippen LogP contribution in [0.1, 0.15) is 5.56 Å². The molecule has 1 atom stereocenters. The molecule has 4 rings (SSSR count). The van der Waals surface area contributed by atoms with Gasteiger partial charge in [0.1, 0.15) is 5.75 Å². The molecule has 0 aliphatic carbocycles. The highest BCUT2D eigenvalue weighted by Gasteiger charge is 2.36. The number of halogens is 1. The maximum Gasteiger partial charge on any atom is 0.348 e. The first-order chi connectivity index (χ1) is 16.8. The van der Waals surface area contributed by atoms with Crippen LogP contribution in [0.3, 0.4) is 0 Å². The molecule has 1 aliphatic rings.